The monoisotopic (exact) mass is 579 g/mol. The van der Waals surface area contributed by atoms with E-state index in [1.165, 1.54) is 23.9 Å². The van der Waals surface area contributed by atoms with Crippen LogP contribution < -0.4 is 0 Å². The molecule has 39 heavy (non-hydrogen) atoms. The van der Waals surface area contributed by atoms with Crippen molar-refractivity contribution < 1.29 is 22.4 Å². The van der Waals surface area contributed by atoms with Gasteiger partial charge in [-0.15, -0.1) is 0 Å². The Morgan fingerprint density at radius 3 is 2.69 bits per heavy atom. The Kier molecular flexibility index (Phi) is 8.02. The van der Waals surface area contributed by atoms with Crippen molar-refractivity contribution in [2.45, 2.75) is 31.5 Å². The number of aromatic nitrogens is 2. The molecule has 1 saturated heterocycles. The third kappa shape index (κ3) is 6.00. The van der Waals surface area contributed by atoms with E-state index in [1.807, 2.05) is 11.9 Å². The molecule has 0 aliphatic carbocycles. The molecule has 3 heterocycles. The lowest BCUT2D eigenvalue weighted by Gasteiger charge is -2.36. The molecule has 1 fully saturated rings. The Labute approximate surface area is 232 Å². The van der Waals surface area contributed by atoms with E-state index in [0.717, 1.165) is 42.9 Å². The summed E-state index contributed by atoms with van der Waals surface area (Å²) in [4.78, 5) is 21.9. The number of nitrogens with one attached hydrogen (secondary N) is 1. The number of benzene rings is 2. The highest BCUT2D eigenvalue weighted by Gasteiger charge is 2.36. The molecular weight excluding hydrogens is 554 g/mol. The number of carbonyl (C=O) groups is 1. The number of rotatable bonds is 6. The number of allylic oxidation sites excluding steroid dienone is 1. The fourth-order valence-electron chi connectivity index (χ4n) is 5.04. The van der Waals surface area contributed by atoms with E-state index in [9.17, 15) is 22.4 Å². The minimum atomic E-state index is -4.61. The molecule has 1 N–H and O–H groups in total. The van der Waals surface area contributed by atoms with Gasteiger partial charge in [-0.2, -0.15) is 23.3 Å². The van der Waals surface area contributed by atoms with E-state index in [2.05, 4.69) is 20.1 Å². The molecule has 3 aromatic rings. The minimum absolute atomic E-state index is 0.0112. The first-order chi connectivity index (χ1) is 18.6. The topological polar surface area (TPSA) is 64.6 Å². The van der Waals surface area contributed by atoms with Crippen LogP contribution >= 0.6 is 23.4 Å². The zero-order chi connectivity index (χ0) is 27.7. The third-order valence-electron chi connectivity index (χ3n) is 7.20. The summed E-state index contributed by atoms with van der Waals surface area (Å²) >= 11 is 7.09. The molecule has 0 atom stereocenters. The van der Waals surface area contributed by atoms with Crippen LogP contribution in [0.25, 0.3) is 16.5 Å². The summed E-state index contributed by atoms with van der Waals surface area (Å²) in [6.45, 7) is 1.52. The van der Waals surface area contributed by atoms with Crippen LogP contribution in [0.1, 0.15) is 29.5 Å². The van der Waals surface area contributed by atoms with Gasteiger partial charge in [0.2, 0.25) is 0 Å². The van der Waals surface area contributed by atoms with Gasteiger partial charge in [-0.05, 0) is 72.0 Å². The Bertz CT molecular complexity index is 1450. The lowest BCUT2D eigenvalue weighted by atomic mass is 9.93. The van der Waals surface area contributed by atoms with Gasteiger partial charge >= 0.3 is 6.18 Å². The minimum Gasteiger partial charge on any atom is -0.351 e. The zero-order valence-electron chi connectivity index (χ0n) is 21.1. The van der Waals surface area contributed by atoms with Crippen molar-refractivity contribution in [2.75, 3.05) is 33.4 Å². The van der Waals surface area contributed by atoms with Crippen molar-refractivity contribution in [3.8, 4) is 0 Å². The second kappa shape index (κ2) is 11.3. The van der Waals surface area contributed by atoms with Gasteiger partial charge in [0.25, 0.3) is 5.91 Å². The first kappa shape index (κ1) is 27.7. The van der Waals surface area contributed by atoms with E-state index in [4.69, 9.17) is 11.6 Å². The van der Waals surface area contributed by atoms with Crippen LogP contribution in [0, 0.1) is 0 Å². The number of amidine groups is 1. The van der Waals surface area contributed by atoms with E-state index < -0.39 is 17.6 Å². The summed E-state index contributed by atoms with van der Waals surface area (Å²) < 4.78 is 54.5. The smallest absolute Gasteiger partial charge is 0.351 e. The Morgan fingerprint density at radius 1 is 1.21 bits per heavy atom. The normalized spacial score (nSPS) is 18.6. The summed E-state index contributed by atoms with van der Waals surface area (Å²) in [6.07, 6.45) is -1.53. The molecule has 1 amide bonds. The molecule has 206 valence electrons. The molecule has 0 saturated carbocycles. The molecule has 0 unspecified atom stereocenters. The predicted molar refractivity (Wildman–Crippen MR) is 146 cm³/mol. The molecule has 0 spiro atoms. The molecule has 2 aromatic carbocycles. The molecule has 5 rings (SSSR count). The number of aromatic amines is 1. The van der Waals surface area contributed by atoms with Crippen LogP contribution in [-0.2, 0) is 17.4 Å². The maximum Gasteiger partial charge on any atom is 0.416 e. The maximum atomic E-state index is 13.9. The summed E-state index contributed by atoms with van der Waals surface area (Å²) in [5.74, 6) is -0.485. The van der Waals surface area contributed by atoms with Crippen molar-refractivity contribution in [1.29, 1.82) is 0 Å². The average molecular weight is 580 g/mol. The number of hydrogen-bond donors (Lipinski definition) is 1. The second-order valence-electron chi connectivity index (χ2n) is 9.63. The number of aliphatic imine (C=N–C) groups is 1. The van der Waals surface area contributed by atoms with Crippen LogP contribution in [0.15, 0.2) is 52.5 Å². The van der Waals surface area contributed by atoms with Crippen molar-refractivity contribution in [1.82, 2.24) is 20.0 Å². The van der Waals surface area contributed by atoms with Crippen LogP contribution in [0.5, 0.6) is 0 Å². The Balaban J connectivity index is 1.49. The number of alkyl halides is 4. The second-order valence-corrected chi connectivity index (χ2v) is 11.0. The predicted octanol–water partition coefficient (Wildman–Crippen LogP) is 6.18. The highest BCUT2D eigenvalue weighted by atomic mass is 35.5. The number of likely N-dealkylation sites (tertiary alicyclic amines) is 1. The average Bonchev–Trinajstić information content (AvgIpc) is 3.53. The number of fused-ring (bicyclic) bond motifs is 1. The van der Waals surface area contributed by atoms with Crippen molar-refractivity contribution in [2.24, 2.45) is 4.99 Å². The number of nitrogens with zero attached hydrogens (tertiary/aromatic N) is 4. The first-order valence-electron chi connectivity index (χ1n) is 12.5. The summed E-state index contributed by atoms with van der Waals surface area (Å²) in [7, 11) is 1.87. The molecule has 0 bridgehead atoms. The van der Waals surface area contributed by atoms with E-state index >= 15 is 0 Å². The van der Waals surface area contributed by atoms with Crippen LogP contribution in [0.4, 0.5) is 17.6 Å². The lowest BCUT2D eigenvalue weighted by Crippen LogP contribution is -2.45. The van der Waals surface area contributed by atoms with Gasteiger partial charge in [0.05, 0.1) is 22.2 Å². The van der Waals surface area contributed by atoms with E-state index in [-0.39, 0.29) is 34.6 Å². The fourth-order valence-corrected chi connectivity index (χ4v) is 6.27. The summed E-state index contributed by atoms with van der Waals surface area (Å²) in [6, 6.07) is 9.16. The molecule has 0 radical (unpaired) electrons. The van der Waals surface area contributed by atoms with Gasteiger partial charge in [0, 0.05) is 43.1 Å². The van der Waals surface area contributed by atoms with Gasteiger partial charge in [-0.25, -0.2) is 4.39 Å². The summed E-state index contributed by atoms with van der Waals surface area (Å²) in [5, 5.41) is 8.15. The van der Waals surface area contributed by atoms with Gasteiger partial charge in [-0.3, -0.25) is 9.89 Å². The summed E-state index contributed by atoms with van der Waals surface area (Å²) in [5.41, 5.74) is 1.00. The highest BCUT2D eigenvalue weighted by Crippen LogP contribution is 2.41. The van der Waals surface area contributed by atoms with Gasteiger partial charge in [0.15, 0.2) is 5.17 Å². The quantitative estimate of drug-likeness (QED) is 0.279. The number of piperidine rings is 1. The molecule has 2 aliphatic rings. The van der Waals surface area contributed by atoms with Crippen LogP contribution in [0.2, 0.25) is 5.02 Å². The number of hydrogen-bond acceptors (Lipinski definition) is 5. The number of halogens is 5. The molecule has 1 aromatic heterocycles. The Hall–Kier alpha value is -2.89. The number of H-pyrrole nitrogens is 1. The van der Waals surface area contributed by atoms with Crippen LogP contribution in [0.3, 0.4) is 0 Å². The van der Waals surface area contributed by atoms with Crippen LogP contribution in [-0.4, -0.2) is 70.5 Å². The van der Waals surface area contributed by atoms with E-state index in [0.29, 0.717) is 22.8 Å². The largest absolute Gasteiger partial charge is 0.416 e. The number of carbonyl (C=O) groups excluding carboxylic acids is 1. The zero-order valence-corrected chi connectivity index (χ0v) is 22.6. The standard InChI is InChI=1S/C27H26ClF4N5OS/c1-36(20-6-9-37(10-7-20)11-8-29)26-34-25(38)24(39-26)21(16-3-5-23-18(12-16)15-33-35-23)13-17-2-4-19(28)14-22(17)27(30,31)32/h2-5,12,14-15,20H,6-11,13H2,1H3,(H,33,35). The van der Waals surface area contributed by atoms with Crippen molar-refractivity contribution >= 4 is 50.9 Å². The van der Waals surface area contributed by atoms with Crippen molar-refractivity contribution in [3.63, 3.8) is 0 Å². The number of amides is 1. The maximum absolute atomic E-state index is 13.9. The Morgan fingerprint density at radius 2 is 1.97 bits per heavy atom. The molecular formula is C27H26ClF4N5OS. The highest BCUT2D eigenvalue weighted by molar-refractivity contribution is 8.18. The first-order valence-corrected chi connectivity index (χ1v) is 13.7. The van der Waals surface area contributed by atoms with Gasteiger partial charge < -0.3 is 9.80 Å². The van der Waals surface area contributed by atoms with Gasteiger partial charge in [0.1, 0.15) is 6.67 Å². The molecule has 2 aliphatic heterocycles. The van der Waals surface area contributed by atoms with Crippen molar-refractivity contribution in [3.05, 3.63) is 69.2 Å². The lowest BCUT2D eigenvalue weighted by molar-refractivity contribution is -0.138. The van der Waals surface area contributed by atoms with E-state index in [1.54, 1.807) is 24.4 Å². The number of thioether (sulfide) groups is 1. The SMILES string of the molecule is CN(C1=NC(=O)C(=C(Cc2ccc(Cl)cc2C(F)(F)F)c2ccc3[nH]ncc3c2)S1)C1CCN(CCF)CC1. The molecule has 12 heteroatoms. The molecule has 6 nitrogen and oxygen atoms in total. The van der Waals surface area contributed by atoms with Gasteiger partial charge in [-0.1, -0.05) is 23.7 Å². The fraction of sp³-hybridized carbons (Fsp3) is 0.370. The third-order valence-corrected chi connectivity index (χ3v) is 8.62.